The number of nitro groups is 1. The van der Waals surface area contributed by atoms with E-state index < -0.39 is 4.92 Å². The highest BCUT2D eigenvalue weighted by Gasteiger charge is 2.13. The third kappa shape index (κ3) is 2.06. The first kappa shape index (κ1) is 11.4. The summed E-state index contributed by atoms with van der Waals surface area (Å²) in [7, 11) is 0. The lowest BCUT2D eigenvalue weighted by atomic mass is 10.2. The summed E-state index contributed by atoms with van der Waals surface area (Å²) < 4.78 is 1.85. The lowest BCUT2D eigenvalue weighted by molar-refractivity contribution is -0.384. The fourth-order valence-corrected chi connectivity index (χ4v) is 2.10. The number of benzene rings is 1. The molecule has 0 amide bonds. The SMILES string of the molecule is O=[N+]([O-])c1ccc2c(cnn2C2C=CC=CC=C2)c1. The molecule has 0 unspecified atom stereocenters. The Bertz CT molecular complexity index is 709. The Labute approximate surface area is 109 Å². The summed E-state index contributed by atoms with van der Waals surface area (Å²) in [5.41, 5.74) is 0.965. The summed E-state index contributed by atoms with van der Waals surface area (Å²) in [5, 5.41) is 15.8. The van der Waals surface area contributed by atoms with Crippen LogP contribution in [0.15, 0.2) is 60.9 Å². The van der Waals surface area contributed by atoms with Crippen molar-refractivity contribution >= 4 is 16.6 Å². The molecular formula is C14H11N3O2. The van der Waals surface area contributed by atoms with Crippen LogP contribution in [0, 0.1) is 10.1 Å². The molecule has 2 aromatic rings. The third-order valence-electron chi connectivity index (χ3n) is 3.02. The number of rotatable bonds is 2. The van der Waals surface area contributed by atoms with E-state index in [9.17, 15) is 10.1 Å². The monoisotopic (exact) mass is 253 g/mol. The van der Waals surface area contributed by atoms with Gasteiger partial charge in [0.05, 0.1) is 22.7 Å². The van der Waals surface area contributed by atoms with E-state index in [0.29, 0.717) is 0 Å². The van der Waals surface area contributed by atoms with Crippen LogP contribution in [0.1, 0.15) is 6.04 Å². The van der Waals surface area contributed by atoms with E-state index in [0.717, 1.165) is 10.9 Å². The zero-order valence-electron chi connectivity index (χ0n) is 10.0. The van der Waals surface area contributed by atoms with Gasteiger partial charge in [-0.15, -0.1) is 0 Å². The summed E-state index contributed by atoms with van der Waals surface area (Å²) in [6.45, 7) is 0. The Hall–Kier alpha value is -2.69. The maximum atomic E-state index is 10.7. The molecule has 5 heteroatoms. The third-order valence-corrected chi connectivity index (χ3v) is 3.02. The molecule has 1 aromatic carbocycles. The molecule has 1 aromatic heterocycles. The van der Waals surface area contributed by atoms with Crippen LogP contribution >= 0.6 is 0 Å². The van der Waals surface area contributed by atoms with Crippen LogP contribution in [-0.2, 0) is 0 Å². The number of hydrogen-bond acceptors (Lipinski definition) is 3. The number of nitrogens with zero attached hydrogens (tertiary/aromatic N) is 3. The van der Waals surface area contributed by atoms with Crippen LogP contribution in [0.5, 0.6) is 0 Å². The van der Waals surface area contributed by atoms with Crippen molar-refractivity contribution in [1.82, 2.24) is 9.78 Å². The second-order valence-electron chi connectivity index (χ2n) is 4.23. The predicted molar refractivity (Wildman–Crippen MR) is 72.8 cm³/mol. The molecular weight excluding hydrogens is 242 g/mol. The van der Waals surface area contributed by atoms with Crippen LogP contribution in [0.25, 0.3) is 10.9 Å². The summed E-state index contributed by atoms with van der Waals surface area (Å²) in [6, 6.07) is 4.80. The molecule has 1 aliphatic carbocycles. The Morgan fingerprint density at radius 2 is 1.89 bits per heavy atom. The van der Waals surface area contributed by atoms with Gasteiger partial charge in [0, 0.05) is 17.5 Å². The average molecular weight is 253 g/mol. The van der Waals surface area contributed by atoms with E-state index in [1.807, 2.05) is 41.1 Å². The molecule has 0 saturated carbocycles. The van der Waals surface area contributed by atoms with E-state index in [1.54, 1.807) is 18.3 Å². The van der Waals surface area contributed by atoms with Gasteiger partial charge in [-0.2, -0.15) is 5.10 Å². The van der Waals surface area contributed by atoms with Crippen molar-refractivity contribution in [1.29, 1.82) is 0 Å². The summed E-state index contributed by atoms with van der Waals surface area (Å²) in [6.07, 6.45) is 13.5. The Kier molecular flexibility index (Phi) is 2.72. The highest BCUT2D eigenvalue weighted by molar-refractivity contribution is 5.81. The first-order valence-electron chi connectivity index (χ1n) is 5.89. The molecule has 5 nitrogen and oxygen atoms in total. The molecule has 0 aliphatic heterocycles. The van der Waals surface area contributed by atoms with E-state index in [-0.39, 0.29) is 11.7 Å². The highest BCUT2D eigenvalue weighted by Crippen LogP contribution is 2.24. The average Bonchev–Trinajstić information content (AvgIpc) is 2.64. The van der Waals surface area contributed by atoms with E-state index in [1.165, 1.54) is 6.07 Å². The highest BCUT2D eigenvalue weighted by atomic mass is 16.6. The zero-order chi connectivity index (χ0) is 13.2. The number of fused-ring (bicyclic) bond motifs is 1. The minimum Gasteiger partial charge on any atom is -0.258 e. The van der Waals surface area contributed by atoms with Gasteiger partial charge < -0.3 is 0 Å². The summed E-state index contributed by atoms with van der Waals surface area (Å²) in [4.78, 5) is 10.3. The fraction of sp³-hybridized carbons (Fsp3) is 0.0714. The molecule has 0 bridgehead atoms. The number of aromatic nitrogens is 2. The Morgan fingerprint density at radius 3 is 2.58 bits per heavy atom. The minimum atomic E-state index is -0.397. The van der Waals surface area contributed by atoms with Gasteiger partial charge in [-0.3, -0.25) is 14.8 Å². The second kappa shape index (κ2) is 4.53. The molecule has 0 fully saturated rings. The smallest absolute Gasteiger partial charge is 0.258 e. The number of allylic oxidation sites excluding steroid dienone is 6. The molecule has 0 N–H and O–H groups in total. The number of non-ortho nitro benzene ring substituents is 1. The maximum absolute atomic E-state index is 10.7. The zero-order valence-corrected chi connectivity index (χ0v) is 10.0. The second-order valence-corrected chi connectivity index (χ2v) is 4.23. The van der Waals surface area contributed by atoms with Gasteiger partial charge >= 0.3 is 0 Å². The molecule has 94 valence electrons. The van der Waals surface area contributed by atoms with Crippen molar-refractivity contribution in [3.8, 4) is 0 Å². The van der Waals surface area contributed by atoms with Gasteiger partial charge in [0.25, 0.3) is 5.69 Å². The van der Waals surface area contributed by atoms with Gasteiger partial charge in [0.15, 0.2) is 0 Å². The van der Waals surface area contributed by atoms with Crippen molar-refractivity contribution < 1.29 is 4.92 Å². The standard InChI is InChI=1S/C14H11N3O2/c18-17(19)13-7-8-14-11(9-13)10-15-16(14)12-5-3-1-2-4-6-12/h1-10,12H. The van der Waals surface area contributed by atoms with Gasteiger partial charge in [-0.1, -0.05) is 36.5 Å². The van der Waals surface area contributed by atoms with Gasteiger partial charge in [0.1, 0.15) is 0 Å². The molecule has 0 spiro atoms. The molecule has 1 heterocycles. The van der Waals surface area contributed by atoms with Gasteiger partial charge in [0.2, 0.25) is 0 Å². The number of nitro benzene ring substituents is 1. The molecule has 19 heavy (non-hydrogen) atoms. The summed E-state index contributed by atoms with van der Waals surface area (Å²) >= 11 is 0. The molecule has 0 radical (unpaired) electrons. The van der Waals surface area contributed by atoms with Crippen molar-refractivity contribution in [3.05, 3.63) is 71.0 Å². The van der Waals surface area contributed by atoms with Crippen molar-refractivity contribution in [2.75, 3.05) is 0 Å². The van der Waals surface area contributed by atoms with Crippen LogP contribution in [0.2, 0.25) is 0 Å². The van der Waals surface area contributed by atoms with Crippen LogP contribution < -0.4 is 0 Å². The van der Waals surface area contributed by atoms with E-state index in [2.05, 4.69) is 5.10 Å². The largest absolute Gasteiger partial charge is 0.270 e. The van der Waals surface area contributed by atoms with Crippen LogP contribution in [-0.4, -0.2) is 14.7 Å². The van der Waals surface area contributed by atoms with Crippen molar-refractivity contribution in [2.45, 2.75) is 6.04 Å². The topological polar surface area (TPSA) is 61.0 Å². The lowest BCUT2D eigenvalue weighted by Crippen LogP contribution is -2.04. The van der Waals surface area contributed by atoms with Crippen LogP contribution in [0.3, 0.4) is 0 Å². The maximum Gasteiger partial charge on any atom is 0.270 e. The van der Waals surface area contributed by atoms with Crippen molar-refractivity contribution in [3.63, 3.8) is 0 Å². The normalized spacial score (nSPS) is 14.9. The Morgan fingerprint density at radius 1 is 1.16 bits per heavy atom. The first-order chi connectivity index (χ1) is 9.25. The molecule has 0 atom stereocenters. The fourth-order valence-electron chi connectivity index (χ4n) is 2.10. The predicted octanol–water partition coefficient (Wildman–Crippen LogP) is 3.17. The molecule has 3 rings (SSSR count). The molecule has 0 saturated heterocycles. The van der Waals surface area contributed by atoms with E-state index >= 15 is 0 Å². The summed E-state index contributed by atoms with van der Waals surface area (Å²) in [5.74, 6) is 0. The van der Waals surface area contributed by atoms with Gasteiger partial charge in [-0.25, -0.2) is 0 Å². The Balaban J connectivity index is 2.08. The number of hydrogen-bond donors (Lipinski definition) is 0. The quantitative estimate of drug-likeness (QED) is 0.610. The van der Waals surface area contributed by atoms with Crippen LogP contribution in [0.4, 0.5) is 5.69 Å². The van der Waals surface area contributed by atoms with Gasteiger partial charge in [-0.05, 0) is 6.07 Å². The minimum absolute atomic E-state index is 0.0222. The van der Waals surface area contributed by atoms with E-state index in [4.69, 9.17) is 0 Å². The first-order valence-corrected chi connectivity index (χ1v) is 5.89. The van der Waals surface area contributed by atoms with Crippen molar-refractivity contribution in [2.24, 2.45) is 0 Å². The molecule has 1 aliphatic rings. The lowest BCUT2D eigenvalue weighted by Gasteiger charge is -2.09.